The normalized spacial score (nSPS) is 26.4. The zero-order valence-corrected chi connectivity index (χ0v) is 12.2. The average Bonchev–Trinajstić information content (AvgIpc) is 3.12. The summed E-state index contributed by atoms with van der Waals surface area (Å²) in [6.07, 6.45) is 9.89. The molecule has 0 spiro atoms. The highest BCUT2D eigenvalue weighted by atomic mass is 32.2. The third-order valence-electron chi connectivity index (χ3n) is 4.00. The molecule has 1 aliphatic heterocycles. The van der Waals surface area contributed by atoms with Crippen molar-refractivity contribution in [3.63, 3.8) is 0 Å². The molecule has 0 amide bonds. The third-order valence-corrected chi connectivity index (χ3v) is 5.27. The van der Waals surface area contributed by atoms with Crippen LogP contribution in [0, 0.1) is 5.92 Å². The maximum absolute atomic E-state index is 11.5. The second-order valence-corrected chi connectivity index (χ2v) is 7.84. The molecule has 0 aromatic rings. The van der Waals surface area contributed by atoms with Crippen molar-refractivity contribution in [2.75, 3.05) is 25.9 Å². The monoisotopic (exact) mass is 274 g/mol. The van der Waals surface area contributed by atoms with Gasteiger partial charge in [0.05, 0.1) is 6.26 Å². The quantitative estimate of drug-likeness (QED) is 0.717. The van der Waals surface area contributed by atoms with E-state index in [1.165, 1.54) is 44.8 Å². The molecule has 106 valence electrons. The van der Waals surface area contributed by atoms with Crippen LogP contribution in [0.3, 0.4) is 0 Å². The highest BCUT2D eigenvalue weighted by Crippen LogP contribution is 2.23. The summed E-state index contributed by atoms with van der Waals surface area (Å²) in [4.78, 5) is 0. The van der Waals surface area contributed by atoms with Gasteiger partial charge in [0, 0.05) is 19.1 Å². The Morgan fingerprint density at radius 1 is 1.22 bits per heavy atom. The highest BCUT2D eigenvalue weighted by Gasteiger charge is 2.25. The first-order valence-corrected chi connectivity index (χ1v) is 9.09. The molecule has 18 heavy (non-hydrogen) atoms. The van der Waals surface area contributed by atoms with Crippen LogP contribution in [-0.4, -0.2) is 44.7 Å². The van der Waals surface area contributed by atoms with Gasteiger partial charge in [-0.25, -0.2) is 12.7 Å². The Morgan fingerprint density at radius 3 is 2.67 bits per heavy atom. The predicted octanol–water partition coefficient (Wildman–Crippen LogP) is 1.58. The first-order valence-electron chi connectivity index (χ1n) is 7.24. The van der Waals surface area contributed by atoms with Crippen molar-refractivity contribution < 1.29 is 8.42 Å². The van der Waals surface area contributed by atoms with Gasteiger partial charge < -0.3 is 5.32 Å². The number of sulfonamides is 1. The highest BCUT2D eigenvalue weighted by molar-refractivity contribution is 7.88. The van der Waals surface area contributed by atoms with Crippen molar-refractivity contribution >= 4 is 10.0 Å². The van der Waals surface area contributed by atoms with Gasteiger partial charge in [-0.1, -0.05) is 6.42 Å². The van der Waals surface area contributed by atoms with E-state index in [0.717, 1.165) is 32.1 Å². The average molecular weight is 274 g/mol. The standard InChI is InChI=1S/C13H26N2O2S/c1-18(16,17)15-10-4-6-12(11-15)5-2-3-9-14-13-7-8-13/h12-14H,2-11H2,1H3. The van der Waals surface area contributed by atoms with Gasteiger partial charge >= 0.3 is 0 Å². The molecule has 1 N–H and O–H groups in total. The summed E-state index contributed by atoms with van der Waals surface area (Å²) in [5.74, 6) is 0.578. The molecule has 0 aromatic heterocycles. The van der Waals surface area contributed by atoms with Crippen LogP contribution in [0.1, 0.15) is 44.9 Å². The van der Waals surface area contributed by atoms with Crippen LogP contribution in [0.5, 0.6) is 0 Å². The van der Waals surface area contributed by atoms with Crippen molar-refractivity contribution in [2.45, 2.75) is 51.0 Å². The van der Waals surface area contributed by atoms with Crippen LogP contribution in [0.25, 0.3) is 0 Å². The van der Waals surface area contributed by atoms with Gasteiger partial charge in [-0.2, -0.15) is 0 Å². The minimum atomic E-state index is -2.98. The van der Waals surface area contributed by atoms with E-state index in [9.17, 15) is 8.42 Å². The molecular weight excluding hydrogens is 248 g/mol. The second-order valence-electron chi connectivity index (χ2n) is 5.85. The topological polar surface area (TPSA) is 49.4 Å². The van der Waals surface area contributed by atoms with Crippen LogP contribution in [0.15, 0.2) is 0 Å². The van der Waals surface area contributed by atoms with Crippen molar-refractivity contribution in [3.8, 4) is 0 Å². The summed E-state index contributed by atoms with van der Waals surface area (Å²) in [6, 6.07) is 0.806. The molecule has 5 heteroatoms. The van der Waals surface area contributed by atoms with E-state index >= 15 is 0 Å². The lowest BCUT2D eigenvalue weighted by Gasteiger charge is -2.30. The molecule has 1 unspecified atom stereocenters. The lowest BCUT2D eigenvalue weighted by atomic mass is 9.94. The number of piperidine rings is 1. The van der Waals surface area contributed by atoms with Crippen LogP contribution >= 0.6 is 0 Å². The summed E-state index contributed by atoms with van der Waals surface area (Å²) in [5, 5.41) is 3.52. The molecular formula is C13H26N2O2S. The molecule has 1 saturated carbocycles. The summed E-state index contributed by atoms with van der Waals surface area (Å²) in [5.41, 5.74) is 0. The number of nitrogens with zero attached hydrogens (tertiary/aromatic N) is 1. The Labute approximate surface area is 111 Å². The maximum atomic E-state index is 11.5. The van der Waals surface area contributed by atoms with Crippen LogP contribution in [0.4, 0.5) is 0 Å². The van der Waals surface area contributed by atoms with Crippen molar-refractivity contribution in [1.82, 2.24) is 9.62 Å². The van der Waals surface area contributed by atoms with Crippen LogP contribution in [0.2, 0.25) is 0 Å². The van der Waals surface area contributed by atoms with E-state index in [4.69, 9.17) is 0 Å². The van der Waals surface area contributed by atoms with Gasteiger partial charge in [-0.3, -0.25) is 0 Å². The lowest BCUT2D eigenvalue weighted by molar-refractivity contribution is 0.252. The molecule has 1 aliphatic carbocycles. The minimum Gasteiger partial charge on any atom is -0.314 e. The Kier molecular flexibility index (Phi) is 5.04. The van der Waals surface area contributed by atoms with E-state index in [1.54, 1.807) is 4.31 Å². The van der Waals surface area contributed by atoms with Gasteiger partial charge in [-0.15, -0.1) is 0 Å². The number of rotatable bonds is 7. The molecule has 2 aliphatic rings. The fourth-order valence-corrected chi connectivity index (χ4v) is 3.66. The van der Waals surface area contributed by atoms with Crippen molar-refractivity contribution in [2.24, 2.45) is 5.92 Å². The number of nitrogens with one attached hydrogen (secondary N) is 1. The molecule has 0 radical (unpaired) electrons. The molecule has 0 aromatic carbocycles. The van der Waals surface area contributed by atoms with Gasteiger partial charge in [0.15, 0.2) is 0 Å². The van der Waals surface area contributed by atoms with Crippen LogP contribution in [-0.2, 0) is 10.0 Å². The van der Waals surface area contributed by atoms with Gasteiger partial charge in [-0.05, 0) is 51.0 Å². The van der Waals surface area contributed by atoms with Crippen molar-refractivity contribution in [1.29, 1.82) is 0 Å². The molecule has 1 saturated heterocycles. The summed E-state index contributed by atoms with van der Waals surface area (Å²) >= 11 is 0. The molecule has 4 nitrogen and oxygen atoms in total. The Bertz CT molecular complexity index is 352. The molecule has 0 bridgehead atoms. The molecule has 2 fully saturated rings. The first-order chi connectivity index (χ1) is 8.55. The smallest absolute Gasteiger partial charge is 0.211 e. The lowest BCUT2D eigenvalue weighted by Crippen LogP contribution is -2.39. The summed E-state index contributed by atoms with van der Waals surface area (Å²) < 4.78 is 24.7. The van der Waals surface area contributed by atoms with E-state index < -0.39 is 10.0 Å². The molecule has 1 heterocycles. The SMILES string of the molecule is CS(=O)(=O)N1CCCC(CCCCNC2CC2)C1. The van der Waals surface area contributed by atoms with Gasteiger partial charge in [0.2, 0.25) is 10.0 Å². The Hall–Kier alpha value is -0.130. The molecule has 1 atom stereocenters. The van der Waals surface area contributed by atoms with Gasteiger partial charge in [0.1, 0.15) is 0 Å². The van der Waals surface area contributed by atoms with Crippen LogP contribution < -0.4 is 5.32 Å². The molecule has 2 rings (SSSR count). The number of unbranched alkanes of at least 4 members (excludes halogenated alkanes) is 1. The Morgan fingerprint density at radius 2 is 2.00 bits per heavy atom. The first kappa shape index (κ1) is 14.3. The number of hydrogen-bond donors (Lipinski definition) is 1. The summed E-state index contributed by atoms with van der Waals surface area (Å²) in [6.45, 7) is 2.60. The van der Waals surface area contributed by atoms with Crippen molar-refractivity contribution in [3.05, 3.63) is 0 Å². The van der Waals surface area contributed by atoms with Gasteiger partial charge in [0.25, 0.3) is 0 Å². The largest absolute Gasteiger partial charge is 0.314 e. The zero-order chi connectivity index (χ0) is 13.0. The minimum absolute atomic E-state index is 0.578. The zero-order valence-electron chi connectivity index (χ0n) is 11.4. The third kappa shape index (κ3) is 4.86. The maximum Gasteiger partial charge on any atom is 0.211 e. The van der Waals surface area contributed by atoms with E-state index in [0.29, 0.717) is 5.92 Å². The predicted molar refractivity (Wildman–Crippen MR) is 74.0 cm³/mol. The fraction of sp³-hybridized carbons (Fsp3) is 1.00. The summed E-state index contributed by atoms with van der Waals surface area (Å²) in [7, 11) is -2.98. The Balaban J connectivity index is 1.59. The van der Waals surface area contributed by atoms with E-state index in [-0.39, 0.29) is 0 Å². The second kappa shape index (κ2) is 6.35. The van der Waals surface area contributed by atoms with E-state index in [2.05, 4.69) is 5.32 Å². The number of hydrogen-bond acceptors (Lipinski definition) is 3. The fourth-order valence-electron chi connectivity index (χ4n) is 2.72. The van der Waals surface area contributed by atoms with E-state index in [1.807, 2.05) is 0 Å².